The van der Waals surface area contributed by atoms with E-state index in [4.69, 9.17) is 4.74 Å². The fraction of sp³-hybridized carbons (Fsp3) is 0.190. The number of fused-ring (bicyclic) bond motifs is 1. The molecule has 4 rings (SSSR count). The Morgan fingerprint density at radius 2 is 1.80 bits per heavy atom. The molecule has 2 aromatic carbocycles. The molecule has 0 amide bonds. The Bertz CT molecular complexity index is 1190. The van der Waals surface area contributed by atoms with Gasteiger partial charge in [-0.1, -0.05) is 28.1 Å². The van der Waals surface area contributed by atoms with Crippen molar-refractivity contribution >= 4 is 33.3 Å². The summed E-state index contributed by atoms with van der Waals surface area (Å²) in [6.45, 7) is 3.57. The highest BCUT2D eigenvalue weighted by atomic mass is 79.9. The summed E-state index contributed by atoms with van der Waals surface area (Å²) in [5.74, 6) is 1.64. The van der Waals surface area contributed by atoms with Crippen LogP contribution < -0.4 is 20.9 Å². The highest BCUT2D eigenvalue weighted by Crippen LogP contribution is 2.15. The molecule has 0 spiro atoms. The zero-order valence-electron chi connectivity index (χ0n) is 16.4. The molecular weight excluding hydrogens is 448 g/mol. The van der Waals surface area contributed by atoms with Crippen LogP contribution in [-0.4, -0.2) is 26.2 Å². The summed E-state index contributed by atoms with van der Waals surface area (Å²) < 4.78 is 7.78. The predicted octanol–water partition coefficient (Wildman–Crippen LogP) is 3.80. The number of rotatable bonds is 8. The van der Waals surface area contributed by atoms with E-state index in [2.05, 4.69) is 41.6 Å². The maximum Gasteiger partial charge on any atom is 0.274 e. The highest BCUT2D eigenvalue weighted by molar-refractivity contribution is 9.10. The maximum atomic E-state index is 12.4. The van der Waals surface area contributed by atoms with Gasteiger partial charge in [0.25, 0.3) is 11.3 Å². The molecule has 0 aliphatic rings. The van der Waals surface area contributed by atoms with Crippen molar-refractivity contribution in [3.63, 3.8) is 0 Å². The van der Waals surface area contributed by atoms with Crippen molar-refractivity contribution in [3.05, 3.63) is 80.7 Å². The number of nitrogens with one attached hydrogen (secondary N) is 3. The van der Waals surface area contributed by atoms with E-state index in [-0.39, 0.29) is 5.56 Å². The van der Waals surface area contributed by atoms with E-state index < -0.39 is 0 Å². The summed E-state index contributed by atoms with van der Waals surface area (Å²) in [5.41, 5.74) is 2.42. The number of aromatic nitrogens is 4. The Morgan fingerprint density at radius 3 is 2.53 bits per heavy atom. The van der Waals surface area contributed by atoms with Crippen LogP contribution in [0.1, 0.15) is 18.2 Å². The van der Waals surface area contributed by atoms with Crippen LogP contribution in [0.2, 0.25) is 0 Å². The minimum atomic E-state index is -0.214. The number of H-pyrrole nitrogens is 1. The van der Waals surface area contributed by atoms with Gasteiger partial charge in [0.15, 0.2) is 0 Å². The Hall–Kier alpha value is -3.33. The number of benzene rings is 2. The van der Waals surface area contributed by atoms with Crippen molar-refractivity contribution in [3.8, 4) is 5.75 Å². The first-order valence-corrected chi connectivity index (χ1v) is 10.3. The minimum absolute atomic E-state index is 0.214. The van der Waals surface area contributed by atoms with Crippen molar-refractivity contribution in [2.75, 3.05) is 17.2 Å². The second-order valence-electron chi connectivity index (χ2n) is 6.58. The molecule has 0 aliphatic heterocycles. The van der Waals surface area contributed by atoms with Gasteiger partial charge >= 0.3 is 0 Å². The normalized spacial score (nSPS) is 10.9. The molecule has 4 aromatic rings. The summed E-state index contributed by atoms with van der Waals surface area (Å²) in [6, 6.07) is 17.1. The van der Waals surface area contributed by atoms with Crippen LogP contribution in [0.4, 0.5) is 11.6 Å². The van der Waals surface area contributed by atoms with Crippen molar-refractivity contribution in [1.29, 1.82) is 0 Å². The van der Waals surface area contributed by atoms with Gasteiger partial charge in [-0.3, -0.25) is 9.89 Å². The van der Waals surface area contributed by atoms with Gasteiger partial charge < -0.3 is 15.4 Å². The molecule has 0 fully saturated rings. The zero-order valence-corrected chi connectivity index (χ0v) is 17.9. The number of hydrogen-bond acceptors (Lipinski definition) is 6. The predicted molar refractivity (Wildman–Crippen MR) is 120 cm³/mol. The highest BCUT2D eigenvalue weighted by Gasteiger charge is 2.08. The van der Waals surface area contributed by atoms with Crippen LogP contribution in [0.15, 0.2) is 63.9 Å². The molecule has 154 valence electrons. The van der Waals surface area contributed by atoms with Gasteiger partial charge in [-0.15, -0.1) is 0 Å². The van der Waals surface area contributed by atoms with Crippen LogP contribution in [0, 0.1) is 0 Å². The van der Waals surface area contributed by atoms with Gasteiger partial charge in [0.05, 0.1) is 18.8 Å². The van der Waals surface area contributed by atoms with E-state index in [1.54, 1.807) is 0 Å². The molecule has 0 radical (unpaired) electrons. The van der Waals surface area contributed by atoms with E-state index in [1.807, 2.05) is 55.5 Å². The van der Waals surface area contributed by atoms with Gasteiger partial charge in [-0.25, -0.2) is 4.98 Å². The van der Waals surface area contributed by atoms with Gasteiger partial charge in [-0.2, -0.15) is 9.50 Å². The second-order valence-corrected chi connectivity index (χ2v) is 7.50. The summed E-state index contributed by atoms with van der Waals surface area (Å²) in [7, 11) is 0. The number of anilines is 2. The van der Waals surface area contributed by atoms with Crippen LogP contribution >= 0.6 is 15.9 Å². The molecule has 30 heavy (non-hydrogen) atoms. The Labute approximate surface area is 181 Å². The van der Waals surface area contributed by atoms with Crippen molar-refractivity contribution < 1.29 is 4.74 Å². The van der Waals surface area contributed by atoms with Crippen molar-refractivity contribution in [2.45, 2.75) is 20.0 Å². The molecule has 0 saturated heterocycles. The fourth-order valence-corrected chi connectivity index (χ4v) is 3.18. The average Bonchev–Trinajstić information content (AvgIpc) is 3.17. The molecule has 0 saturated carbocycles. The minimum Gasteiger partial charge on any atom is -0.494 e. The lowest BCUT2D eigenvalue weighted by Crippen LogP contribution is -2.17. The standard InChI is InChI=1S/C21H21BrN6O2/c1-2-30-18-9-3-14(4-10-18)12-24-20-26-21-25-17(11-19(29)28(21)27-20)13-23-16-7-5-15(22)6-8-16/h3-11,23H,2,12-13H2,1H3,(H2,24,25,26,27). The fourth-order valence-electron chi connectivity index (χ4n) is 2.91. The molecule has 2 heterocycles. The van der Waals surface area contributed by atoms with Crippen molar-refractivity contribution in [1.82, 2.24) is 19.6 Å². The molecular formula is C21H21BrN6O2. The summed E-state index contributed by atoms with van der Waals surface area (Å²) in [5, 5.41) is 9.38. The van der Waals surface area contributed by atoms with Crippen LogP contribution in [0.3, 0.4) is 0 Å². The van der Waals surface area contributed by atoms with E-state index >= 15 is 0 Å². The van der Waals surface area contributed by atoms with Gasteiger partial charge in [0.2, 0.25) is 5.95 Å². The van der Waals surface area contributed by atoms with Crippen LogP contribution in [0.5, 0.6) is 5.75 Å². The monoisotopic (exact) mass is 468 g/mol. The molecule has 0 atom stereocenters. The maximum absolute atomic E-state index is 12.4. The zero-order chi connectivity index (χ0) is 20.9. The Morgan fingerprint density at radius 1 is 1.03 bits per heavy atom. The summed E-state index contributed by atoms with van der Waals surface area (Å²) >= 11 is 3.41. The lowest BCUT2D eigenvalue weighted by Gasteiger charge is -2.05. The third kappa shape index (κ3) is 4.80. The molecule has 0 unspecified atom stereocenters. The molecule has 0 aliphatic carbocycles. The topological polar surface area (TPSA) is 96.3 Å². The van der Waals surface area contributed by atoms with E-state index in [0.29, 0.717) is 37.1 Å². The van der Waals surface area contributed by atoms with Crippen LogP contribution in [-0.2, 0) is 13.1 Å². The number of nitrogens with zero attached hydrogens (tertiary/aromatic N) is 3. The van der Waals surface area contributed by atoms with E-state index in [9.17, 15) is 4.79 Å². The molecule has 2 aromatic heterocycles. The van der Waals surface area contributed by atoms with Gasteiger partial charge in [0.1, 0.15) is 5.75 Å². The molecule has 8 nitrogen and oxygen atoms in total. The molecule has 3 N–H and O–H groups in total. The smallest absolute Gasteiger partial charge is 0.274 e. The molecule has 9 heteroatoms. The summed E-state index contributed by atoms with van der Waals surface area (Å²) in [4.78, 5) is 21.3. The van der Waals surface area contributed by atoms with E-state index in [1.165, 1.54) is 10.6 Å². The Balaban J connectivity index is 1.43. The average molecular weight is 469 g/mol. The lowest BCUT2D eigenvalue weighted by atomic mass is 10.2. The van der Waals surface area contributed by atoms with Gasteiger partial charge in [-0.05, 0) is 48.9 Å². The largest absolute Gasteiger partial charge is 0.494 e. The third-order valence-corrected chi connectivity index (χ3v) is 4.92. The van der Waals surface area contributed by atoms with Gasteiger partial charge in [0, 0.05) is 22.8 Å². The quantitative estimate of drug-likeness (QED) is 0.363. The van der Waals surface area contributed by atoms with Crippen molar-refractivity contribution in [2.24, 2.45) is 0 Å². The van der Waals surface area contributed by atoms with Crippen LogP contribution in [0.25, 0.3) is 5.78 Å². The number of ether oxygens (including phenoxy) is 1. The first kappa shape index (κ1) is 20.0. The number of hydrogen-bond donors (Lipinski definition) is 3. The SMILES string of the molecule is CCOc1ccc(CNc2nc3nc(CNc4ccc(Br)cc4)cc(=O)n3[nH]2)cc1. The second kappa shape index (κ2) is 9.00. The first-order chi connectivity index (χ1) is 14.6. The third-order valence-electron chi connectivity index (χ3n) is 4.40. The van der Waals surface area contributed by atoms with E-state index in [0.717, 1.165) is 21.5 Å². The first-order valence-electron chi connectivity index (χ1n) is 9.54. The summed E-state index contributed by atoms with van der Waals surface area (Å²) in [6.07, 6.45) is 0. The lowest BCUT2D eigenvalue weighted by molar-refractivity contribution is 0.340. The number of aromatic amines is 1. The number of halogens is 1. The Kier molecular flexibility index (Phi) is 5.99. The molecule has 0 bridgehead atoms.